The van der Waals surface area contributed by atoms with Gasteiger partial charge in [-0.05, 0) is 55.8 Å². The molecule has 134 valence electrons. The van der Waals surface area contributed by atoms with Crippen LogP contribution in [0.2, 0.25) is 0 Å². The number of hydrogen-bond acceptors (Lipinski definition) is 4. The summed E-state index contributed by atoms with van der Waals surface area (Å²) < 4.78 is 11.3. The minimum atomic E-state index is -0.162. The third-order valence-corrected chi connectivity index (χ3v) is 4.20. The molecule has 1 heterocycles. The summed E-state index contributed by atoms with van der Waals surface area (Å²) in [7, 11) is 0. The van der Waals surface area contributed by atoms with Gasteiger partial charge in [0.15, 0.2) is 11.5 Å². The second-order valence-corrected chi connectivity index (χ2v) is 5.80. The molecule has 0 unspecified atom stereocenters. The van der Waals surface area contributed by atoms with Crippen LogP contribution in [0.4, 0.5) is 10.5 Å². The Bertz CT molecular complexity index is 827. The molecular weight excluding hydrogens is 330 g/mol. The van der Waals surface area contributed by atoms with Crippen LogP contribution in [0.3, 0.4) is 0 Å². The molecule has 0 aromatic heterocycles. The smallest absolute Gasteiger partial charge is 0.322 e. The number of rotatable bonds is 6. The number of ether oxygens (including phenoxy) is 2. The largest absolute Gasteiger partial charge is 0.490 e. The molecule has 0 aliphatic carbocycles. The van der Waals surface area contributed by atoms with Crippen molar-refractivity contribution in [2.75, 3.05) is 24.7 Å². The van der Waals surface area contributed by atoms with E-state index in [-0.39, 0.29) is 12.1 Å². The fraction of sp³-hybridized carbons (Fsp3) is 0.300. The lowest BCUT2D eigenvalue weighted by Crippen LogP contribution is -2.29. The monoisotopic (exact) mass is 351 g/mol. The van der Waals surface area contributed by atoms with Crippen molar-refractivity contribution in [1.82, 2.24) is 5.32 Å². The van der Waals surface area contributed by atoms with E-state index < -0.39 is 0 Å². The molecule has 1 saturated heterocycles. The molecule has 0 saturated carbocycles. The summed E-state index contributed by atoms with van der Waals surface area (Å²) in [5.74, 6) is 1.37. The molecule has 6 heteroatoms. The predicted octanol–water partition coefficient (Wildman–Crippen LogP) is 3.63. The molecule has 2 amide bonds. The number of nitrogens with zero attached hydrogens (tertiary/aromatic N) is 2. The van der Waals surface area contributed by atoms with Crippen LogP contribution < -0.4 is 19.7 Å². The molecule has 0 radical (unpaired) electrons. The third-order valence-electron chi connectivity index (χ3n) is 4.20. The molecule has 1 aliphatic heterocycles. The molecule has 0 spiro atoms. The molecule has 0 bridgehead atoms. The van der Waals surface area contributed by atoms with Crippen LogP contribution in [-0.4, -0.2) is 25.8 Å². The van der Waals surface area contributed by atoms with E-state index in [0.717, 1.165) is 11.3 Å². The fourth-order valence-corrected chi connectivity index (χ4v) is 3.04. The zero-order valence-corrected chi connectivity index (χ0v) is 14.9. The molecule has 6 nitrogen and oxygen atoms in total. The summed E-state index contributed by atoms with van der Waals surface area (Å²) in [6, 6.07) is 14.5. The predicted molar refractivity (Wildman–Crippen MR) is 98.6 cm³/mol. The maximum atomic E-state index is 12.4. The molecule has 26 heavy (non-hydrogen) atoms. The second kappa shape index (κ2) is 7.79. The van der Waals surface area contributed by atoms with Gasteiger partial charge in [-0.25, -0.2) is 4.79 Å². The van der Waals surface area contributed by atoms with Crippen molar-refractivity contribution in [2.24, 2.45) is 0 Å². The van der Waals surface area contributed by atoms with Crippen LogP contribution in [0.1, 0.15) is 31.0 Å². The van der Waals surface area contributed by atoms with Crippen LogP contribution in [0.15, 0.2) is 42.5 Å². The highest BCUT2D eigenvalue weighted by Gasteiger charge is 2.33. The molecule has 1 atom stereocenters. The number of hydrogen-bond donors (Lipinski definition) is 1. The summed E-state index contributed by atoms with van der Waals surface area (Å²) >= 11 is 0. The highest BCUT2D eigenvalue weighted by molar-refractivity contribution is 5.95. The molecule has 2 aromatic rings. The first-order chi connectivity index (χ1) is 12.7. The summed E-state index contributed by atoms with van der Waals surface area (Å²) in [6.07, 6.45) is 0. The van der Waals surface area contributed by atoms with Gasteiger partial charge < -0.3 is 14.8 Å². The highest BCUT2D eigenvalue weighted by atomic mass is 16.5. The number of benzene rings is 2. The summed E-state index contributed by atoms with van der Waals surface area (Å²) in [5.41, 5.74) is 2.26. The van der Waals surface area contributed by atoms with E-state index >= 15 is 0 Å². The number of urea groups is 1. The molecule has 1 fully saturated rings. The second-order valence-electron chi connectivity index (χ2n) is 5.80. The Kier molecular flexibility index (Phi) is 5.28. The number of carbonyl (C=O) groups is 1. The first kappa shape index (κ1) is 17.6. The Morgan fingerprint density at radius 3 is 2.46 bits per heavy atom. The van der Waals surface area contributed by atoms with E-state index in [0.29, 0.717) is 36.8 Å². The Hall–Kier alpha value is -3.20. The number of nitriles is 1. The van der Waals surface area contributed by atoms with Gasteiger partial charge >= 0.3 is 6.03 Å². The average molecular weight is 351 g/mol. The van der Waals surface area contributed by atoms with Gasteiger partial charge in [0.05, 0.1) is 30.9 Å². The average Bonchev–Trinajstić information content (AvgIpc) is 3.05. The SMILES string of the molecule is CCOc1ccc([C@@H]2CNC(=O)N2c2ccc(C#N)cc2)cc1OCC. The molecular formula is C20H21N3O3. The number of anilines is 1. The zero-order chi connectivity index (χ0) is 18.5. The van der Waals surface area contributed by atoms with Crippen LogP contribution in [-0.2, 0) is 0 Å². The van der Waals surface area contributed by atoms with Crippen LogP contribution >= 0.6 is 0 Å². The minimum absolute atomic E-state index is 0.161. The van der Waals surface area contributed by atoms with Gasteiger partial charge in [0.2, 0.25) is 0 Å². The van der Waals surface area contributed by atoms with E-state index in [9.17, 15) is 4.79 Å². The highest BCUT2D eigenvalue weighted by Crippen LogP contribution is 2.36. The van der Waals surface area contributed by atoms with Gasteiger partial charge in [-0.2, -0.15) is 5.26 Å². The van der Waals surface area contributed by atoms with Crippen molar-refractivity contribution in [3.63, 3.8) is 0 Å². The third kappa shape index (κ3) is 3.42. The van der Waals surface area contributed by atoms with E-state index in [4.69, 9.17) is 14.7 Å². The lowest BCUT2D eigenvalue weighted by atomic mass is 10.0. The summed E-state index contributed by atoms with van der Waals surface area (Å²) in [6.45, 7) is 5.44. The molecule has 2 aromatic carbocycles. The molecule has 1 aliphatic rings. The minimum Gasteiger partial charge on any atom is -0.490 e. The van der Waals surface area contributed by atoms with Gasteiger partial charge in [-0.3, -0.25) is 4.90 Å². The van der Waals surface area contributed by atoms with E-state index in [1.807, 2.05) is 32.0 Å². The Morgan fingerprint density at radius 1 is 1.12 bits per heavy atom. The van der Waals surface area contributed by atoms with Crippen LogP contribution in [0.25, 0.3) is 0 Å². The fourth-order valence-electron chi connectivity index (χ4n) is 3.04. The van der Waals surface area contributed by atoms with Gasteiger partial charge in [0.25, 0.3) is 0 Å². The van der Waals surface area contributed by atoms with Gasteiger partial charge in [0, 0.05) is 12.2 Å². The van der Waals surface area contributed by atoms with Crippen LogP contribution in [0.5, 0.6) is 11.5 Å². The maximum absolute atomic E-state index is 12.4. The normalized spacial score (nSPS) is 16.1. The quantitative estimate of drug-likeness (QED) is 0.862. The van der Waals surface area contributed by atoms with Gasteiger partial charge in [-0.1, -0.05) is 6.07 Å². The Morgan fingerprint density at radius 2 is 1.81 bits per heavy atom. The summed E-state index contributed by atoms with van der Waals surface area (Å²) in [5, 5.41) is 11.8. The zero-order valence-electron chi connectivity index (χ0n) is 14.9. The van der Waals surface area contributed by atoms with Crippen molar-refractivity contribution in [3.8, 4) is 17.6 Å². The van der Waals surface area contributed by atoms with E-state index in [1.54, 1.807) is 29.2 Å². The number of carbonyl (C=O) groups excluding carboxylic acids is 1. The molecule has 3 rings (SSSR count). The van der Waals surface area contributed by atoms with Gasteiger partial charge in [-0.15, -0.1) is 0 Å². The Labute approximate surface area is 152 Å². The first-order valence-electron chi connectivity index (χ1n) is 8.64. The van der Waals surface area contributed by atoms with E-state index in [1.165, 1.54) is 0 Å². The lowest BCUT2D eigenvalue weighted by Gasteiger charge is -2.24. The van der Waals surface area contributed by atoms with Crippen molar-refractivity contribution in [3.05, 3.63) is 53.6 Å². The van der Waals surface area contributed by atoms with Crippen molar-refractivity contribution >= 4 is 11.7 Å². The van der Waals surface area contributed by atoms with Crippen molar-refractivity contribution in [1.29, 1.82) is 5.26 Å². The first-order valence-corrected chi connectivity index (χ1v) is 8.64. The van der Waals surface area contributed by atoms with Gasteiger partial charge in [0.1, 0.15) is 0 Å². The summed E-state index contributed by atoms with van der Waals surface area (Å²) in [4.78, 5) is 14.1. The topological polar surface area (TPSA) is 74.6 Å². The molecule has 1 N–H and O–H groups in total. The Balaban J connectivity index is 1.94. The number of amides is 2. The standard InChI is InChI=1S/C20H21N3O3/c1-3-25-18-10-7-15(11-19(18)26-4-2)17-13-22-20(24)23(17)16-8-5-14(12-21)6-9-16/h5-11,17H,3-4,13H2,1-2H3,(H,22,24)/t17-/m0/s1. The van der Waals surface area contributed by atoms with Crippen molar-refractivity contribution < 1.29 is 14.3 Å². The van der Waals surface area contributed by atoms with E-state index in [2.05, 4.69) is 11.4 Å². The number of nitrogens with one attached hydrogen (secondary N) is 1. The lowest BCUT2D eigenvalue weighted by molar-refractivity contribution is 0.251. The van der Waals surface area contributed by atoms with Crippen LogP contribution in [0, 0.1) is 11.3 Å². The van der Waals surface area contributed by atoms with Crippen molar-refractivity contribution in [2.45, 2.75) is 19.9 Å². The maximum Gasteiger partial charge on any atom is 0.322 e.